The Labute approximate surface area is 144 Å². The monoisotopic (exact) mass is 342 g/mol. The SMILES string of the molecule is COc1ccc(C)cc1CC(=O)NNC(=O)c1ccc2c(c1)OCO2. The van der Waals surface area contributed by atoms with Crippen molar-refractivity contribution in [2.24, 2.45) is 0 Å². The number of fused-ring (bicyclic) bond motifs is 1. The second-order valence-electron chi connectivity index (χ2n) is 5.56. The minimum atomic E-state index is -0.442. The number of benzene rings is 2. The highest BCUT2D eigenvalue weighted by Gasteiger charge is 2.17. The van der Waals surface area contributed by atoms with E-state index in [1.54, 1.807) is 25.3 Å². The lowest BCUT2D eigenvalue weighted by atomic mass is 10.1. The first-order valence-electron chi connectivity index (χ1n) is 7.69. The zero-order valence-corrected chi connectivity index (χ0v) is 13.9. The van der Waals surface area contributed by atoms with Crippen molar-refractivity contribution in [2.75, 3.05) is 13.9 Å². The van der Waals surface area contributed by atoms with Crippen LogP contribution in [0.3, 0.4) is 0 Å². The Bertz CT molecular complexity index is 819. The molecule has 0 aliphatic carbocycles. The van der Waals surface area contributed by atoms with E-state index in [-0.39, 0.29) is 19.1 Å². The summed E-state index contributed by atoms with van der Waals surface area (Å²) in [6.45, 7) is 2.07. The van der Waals surface area contributed by atoms with Crippen LogP contribution in [-0.4, -0.2) is 25.7 Å². The van der Waals surface area contributed by atoms with Crippen LogP contribution in [0.2, 0.25) is 0 Å². The van der Waals surface area contributed by atoms with E-state index in [1.807, 2.05) is 25.1 Å². The molecule has 3 rings (SSSR count). The van der Waals surface area contributed by atoms with Gasteiger partial charge >= 0.3 is 0 Å². The van der Waals surface area contributed by atoms with E-state index >= 15 is 0 Å². The Hall–Kier alpha value is -3.22. The lowest BCUT2D eigenvalue weighted by Gasteiger charge is -2.11. The Balaban J connectivity index is 1.59. The second-order valence-corrected chi connectivity index (χ2v) is 5.56. The molecule has 0 aromatic heterocycles. The molecule has 130 valence electrons. The maximum Gasteiger partial charge on any atom is 0.269 e. The van der Waals surface area contributed by atoms with E-state index in [0.717, 1.165) is 11.1 Å². The number of nitrogens with one attached hydrogen (secondary N) is 2. The van der Waals surface area contributed by atoms with Crippen molar-refractivity contribution in [1.82, 2.24) is 10.9 Å². The highest BCUT2D eigenvalue weighted by Crippen LogP contribution is 2.32. The van der Waals surface area contributed by atoms with Crippen LogP contribution in [0.1, 0.15) is 21.5 Å². The van der Waals surface area contributed by atoms with Crippen molar-refractivity contribution in [3.05, 3.63) is 53.1 Å². The quantitative estimate of drug-likeness (QED) is 0.827. The van der Waals surface area contributed by atoms with Crippen molar-refractivity contribution in [3.8, 4) is 17.2 Å². The lowest BCUT2D eigenvalue weighted by molar-refractivity contribution is -0.121. The first kappa shape index (κ1) is 16.6. The maximum absolute atomic E-state index is 12.1. The summed E-state index contributed by atoms with van der Waals surface area (Å²) in [5, 5.41) is 0. The molecule has 0 atom stereocenters. The smallest absolute Gasteiger partial charge is 0.269 e. The van der Waals surface area contributed by atoms with E-state index in [9.17, 15) is 9.59 Å². The van der Waals surface area contributed by atoms with Crippen LogP contribution in [0.4, 0.5) is 0 Å². The summed E-state index contributed by atoms with van der Waals surface area (Å²) in [5.74, 6) is 0.930. The van der Waals surface area contributed by atoms with Crippen LogP contribution in [0.5, 0.6) is 17.2 Å². The average Bonchev–Trinajstić information content (AvgIpc) is 3.07. The first-order valence-corrected chi connectivity index (χ1v) is 7.69. The third-order valence-corrected chi connectivity index (χ3v) is 3.74. The van der Waals surface area contributed by atoms with Gasteiger partial charge in [-0.05, 0) is 31.2 Å². The number of ether oxygens (including phenoxy) is 3. The molecule has 0 spiro atoms. The van der Waals surface area contributed by atoms with Gasteiger partial charge in [0, 0.05) is 11.1 Å². The molecule has 0 fully saturated rings. The number of carbonyl (C=O) groups is 2. The minimum Gasteiger partial charge on any atom is -0.496 e. The van der Waals surface area contributed by atoms with E-state index in [2.05, 4.69) is 10.9 Å². The van der Waals surface area contributed by atoms with Gasteiger partial charge in [-0.25, -0.2) is 0 Å². The molecule has 7 nitrogen and oxygen atoms in total. The summed E-state index contributed by atoms with van der Waals surface area (Å²) in [4.78, 5) is 24.2. The normalized spacial score (nSPS) is 11.8. The molecule has 0 unspecified atom stereocenters. The van der Waals surface area contributed by atoms with Crippen LogP contribution in [0.15, 0.2) is 36.4 Å². The molecular formula is C18H18N2O5. The van der Waals surface area contributed by atoms with Crippen molar-refractivity contribution in [3.63, 3.8) is 0 Å². The minimum absolute atomic E-state index is 0.0896. The van der Waals surface area contributed by atoms with E-state index < -0.39 is 5.91 Å². The van der Waals surface area contributed by atoms with Crippen LogP contribution in [0, 0.1) is 6.92 Å². The third kappa shape index (κ3) is 3.82. The summed E-state index contributed by atoms with van der Waals surface area (Å²) >= 11 is 0. The molecule has 0 saturated carbocycles. The maximum atomic E-state index is 12.1. The number of rotatable bonds is 4. The van der Waals surface area contributed by atoms with Crippen LogP contribution < -0.4 is 25.1 Å². The van der Waals surface area contributed by atoms with Gasteiger partial charge in [0.05, 0.1) is 13.5 Å². The van der Waals surface area contributed by atoms with Gasteiger partial charge in [0.15, 0.2) is 11.5 Å². The van der Waals surface area contributed by atoms with Gasteiger partial charge < -0.3 is 14.2 Å². The van der Waals surface area contributed by atoms with Crippen molar-refractivity contribution >= 4 is 11.8 Å². The molecule has 7 heteroatoms. The number of methoxy groups -OCH3 is 1. The highest BCUT2D eigenvalue weighted by atomic mass is 16.7. The number of hydrogen-bond donors (Lipinski definition) is 2. The van der Waals surface area contributed by atoms with Crippen LogP contribution in [-0.2, 0) is 11.2 Å². The Morgan fingerprint density at radius 1 is 1.08 bits per heavy atom. The fourth-order valence-corrected chi connectivity index (χ4v) is 2.50. The highest BCUT2D eigenvalue weighted by molar-refractivity contribution is 5.96. The summed E-state index contributed by atoms with van der Waals surface area (Å²) in [5.41, 5.74) is 6.92. The predicted molar refractivity (Wildman–Crippen MR) is 89.6 cm³/mol. The van der Waals surface area contributed by atoms with Gasteiger partial charge in [-0.3, -0.25) is 20.4 Å². The summed E-state index contributed by atoms with van der Waals surface area (Å²) in [6.07, 6.45) is 0.0896. The molecule has 1 aliphatic rings. The van der Waals surface area contributed by atoms with Gasteiger partial charge in [-0.1, -0.05) is 17.7 Å². The van der Waals surface area contributed by atoms with Crippen molar-refractivity contribution < 1.29 is 23.8 Å². The zero-order chi connectivity index (χ0) is 17.8. The average molecular weight is 342 g/mol. The molecule has 0 radical (unpaired) electrons. The zero-order valence-electron chi connectivity index (χ0n) is 13.9. The van der Waals surface area contributed by atoms with Crippen molar-refractivity contribution in [1.29, 1.82) is 0 Å². The van der Waals surface area contributed by atoms with Gasteiger partial charge in [0.1, 0.15) is 5.75 Å². The molecule has 2 N–H and O–H groups in total. The standard InChI is InChI=1S/C18H18N2O5/c1-11-3-5-14(23-2)13(7-11)9-17(21)19-20-18(22)12-4-6-15-16(8-12)25-10-24-15/h3-8H,9-10H2,1-2H3,(H,19,21)(H,20,22). The fourth-order valence-electron chi connectivity index (χ4n) is 2.50. The second kappa shape index (κ2) is 7.12. The largest absolute Gasteiger partial charge is 0.496 e. The molecule has 1 aliphatic heterocycles. The first-order chi connectivity index (χ1) is 12.1. The number of aryl methyl sites for hydroxylation is 1. The van der Waals surface area contributed by atoms with E-state index in [4.69, 9.17) is 14.2 Å². The Kier molecular flexibility index (Phi) is 4.74. The fraction of sp³-hybridized carbons (Fsp3) is 0.222. The lowest BCUT2D eigenvalue weighted by Crippen LogP contribution is -2.42. The topological polar surface area (TPSA) is 85.9 Å². The van der Waals surface area contributed by atoms with E-state index in [1.165, 1.54) is 0 Å². The van der Waals surface area contributed by atoms with Gasteiger partial charge in [-0.15, -0.1) is 0 Å². The molecular weight excluding hydrogens is 324 g/mol. The molecule has 2 aromatic rings. The summed E-state index contributed by atoms with van der Waals surface area (Å²) < 4.78 is 15.7. The van der Waals surface area contributed by atoms with Gasteiger partial charge in [-0.2, -0.15) is 0 Å². The van der Waals surface area contributed by atoms with Crippen molar-refractivity contribution in [2.45, 2.75) is 13.3 Å². The molecule has 25 heavy (non-hydrogen) atoms. The molecule has 0 saturated heterocycles. The molecule has 0 bridgehead atoms. The Morgan fingerprint density at radius 2 is 1.88 bits per heavy atom. The number of carbonyl (C=O) groups excluding carboxylic acids is 2. The number of amides is 2. The third-order valence-electron chi connectivity index (χ3n) is 3.74. The number of hydrogen-bond acceptors (Lipinski definition) is 5. The molecule has 2 amide bonds. The Morgan fingerprint density at radius 3 is 2.68 bits per heavy atom. The van der Waals surface area contributed by atoms with E-state index in [0.29, 0.717) is 22.8 Å². The molecule has 1 heterocycles. The van der Waals surface area contributed by atoms with Crippen LogP contribution in [0.25, 0.3) is 0 Å². The van der Waals surface area contributed by atoms with Crippen LogP contribution >= 0.6 is 0 Å². The summed E-state index contributed by atoms with van der Waals surface area (Å²) in [6, 6.07) is 10.4. The number of hydrazine groups is 1. The van der Waals surface area contributed by atoms with Gasteiger partial charge in [0.2, 0.25) is 12.7 Å². The molecule has 2 aromatic carbocycles. The summed E-state index contributed by atoms with van der Waals surface area (Å²) in [7, 11) is 1.55. The van der Waals surface area contributed by atoms with Gasteiger partial charge in [0.25, 0.3) is 5.91 Å². The predicted octanol–water partition coefficient (Wildman–Crippen LogP) is 1.74.